The minimum Gasteiger partial charge on any atom is -0.481 e. The Morgan fingerprint density at radius 2 is 1.80 bits per heavy atom. The van der Waals surface area contributed by atoms with Gasteiger partial charge in [0, 0.05) is 73.3 Å². The van der Waals surface area contributed by atoms with Crippen LogP contribution in [0, 0.1) is 0 Å². The van der Waals surface area contributed by atoms with Crippen molar-refractivity contribution in [2.45, 2.75) is 64.2 Å². The molecule has 55 heavy (non-hydrogen) atoms. The molecule has 0 saturated carbocycles. The fourth-order valence-corrected chi connectivity index (χ4v) is 8.25. The van der Waals surface area contributed by atoms with Crippen LogP contribution in [0.25, 0.3) is 17.4 Å². The van der Waals surface area contributed by atoms with Gasteiger partial charge in [-0.05, 0) is 87.1 Å². The Balaban J connectivity index is 1.75. The number of fused-ring (bicyclic) bond motifs is 2. The molecule has 0 radical (unpaired) electrons. The van der Waals surface area contributed by atoms with Gasteiger partial charge in [0.25, 0.3) is 16.0 Å². The van der Waals surface area contributed by atoms with Crippen LogP contribution in [0.4, 0.5) is 5.69 Å². The van der Waals surface area contributed by atoms with Crippen molar-refractivity contribution in [2.75, 3.05) is 62.6 Å². The summed E-state index contributed by atoms with van der Waals surface area (Å²) >= 11 is 0. The molecule has 0 aromatic heterocycles. The summed E-state index contributed by atoms with van der Waals surface area (Å²) in [5.74, 6) is -0.744. The van der Waals surface area contributed by atoms with Crippen LogP contribution < -0.4 is 20.1 Å². The zero-order valence-electron chi connectivity index (χ0n) is 32.1. The second-order valence-corrected chi connectivity index (χ2v) is 17.9. The summed E-state index contributed by atoms with van der Waals surface area (Å²) in [7, 11) is -5.72. The van der Waals surface area contributed by atoms with Gasteiger partial charge in [-0.3, -0.25) is 14.1 Å². The van der Waals surface area contributed by atoms with E-state index in [2.05, 4.69) is 14.8 Å². The molecule has 1 aliphatic carbocycles. The molecule has 15 heteroatoms. The summed E-state index contributed by atoms with van der Waals surface area (Å²) in [6, 6.07) is 13.3. The van der Waals surface area contributed by atoms with Crippen LogP contribution >= 0.6 is 0 Å². The summed E-state index contributed by atoms with van der Waals surface area (Å²) in [6.07, 6.45) is 11.8. The number of rotatable bonds is 21. The second kappa shape index (κ2) is 19.5. The van der Waals surface area contributed by atoms with Crippen molar-refractivity contribution in [3.05, 3.63) is 88.6 Å². The number of nitrogens with zero attached hydrogens (tertiary/aromatic N) is 2. The van der Waals surface area contributed by atoms with Gasteiger partial charge in [0.05, 0.1) is 30.4 Å². The maximum absolute atomic E-state index is 13.1. The maximum Gasteiger partial charge on any atom is 0.303 e. The number of hydrogen-bond donors (Lipinski definition) is 3. The molecule has 1 unspecified atom stereocenters. The van der Waals surface area contributed by atoms with E-state index in [4.69, 9.17) is 14.3 Å². The number of hydrogen-bond acceptors (Lipinski definition) is 9. The van der Waals surface area contributed by atoms with E-state index < -0.39 is 37.1 Å². The molecular formula is C40H54N3O10S2+. The normalized spacial score (nSPS) is 17.3. The lowest BCUT2D eigenvalue weighted by Gasteiger charge is -2.30. The molecule has 3 N–H and O–H groups in total. The third-order valence-corrected chi connectivity index (χ3v) is 11.7. The first-order chi connectivity index (χ1) is 26.1. The van der Waals surface area contributed by atoms with Crippen molar-refractivity contribution < 1.29 is 45.2 Å². The van der Waals surface area contributed by atoms with Crippen molar-refractivity contribution in [3.63, 3.8) is 0 Å². The van der Waals surface area contributed by atoms with Crippen molar-refractivity contribution in [2.24, 2.45) is 0 Å². The summed E-state index contributed by atoms with van der Waals surface area (Å²) in [6.45, 7) is 6.57. The van der Waals surface area contributed by atoms with Crippen LogP contribution in [0.15, 0.2) is 71.0 Å². The van der Waals surface area contributed by atoms with E-state index in [9.17, 15) is 31.0 Å². The molecule has 3 aliphatic rings. The lowest BCUT2D eigenvalue weighted by molar-refractivity contribution is -0.137. The van der Waals surface area contributed by atoms with Crippen molar-refractivity contribution >= 4 is 43.6 Å². The van der Waals surface area contributed by atoms with Gasteiger partial charge in [-0.1, -0.05) is 18.6 Å². The summed E-state index contributed by atoms with van der Waals surface area (Å²) in [5.41, 5.74) is 4.06. The molecule has 0 spiro atoms. The molecule has 1 amide bonds. The first-order valence-electron chi connectivity index (χ1n) is 18.6. The Morgan fingerprint density at radius 3 is 2.49 bits per heavy atom. The first kappa shape index (κ1) is 43.4. The minimum atomic E-state index is -4.21. The molecule has 0 bridgehead atoms. The van der Waals surface area contributed by atoms with E-state index in [-0.39, 0.29) is 24.5 Å². The monoisotopic (exact) mass is 800 g/mol. The number of amides is 1. The average Bonchev–Trinajstić information content (AvgIpc) is 3.34. The number of anilines is 1. The Labute approximate surface area is 324 Å². The number of methoxy groups -OCH3 is 1. The van der Waals surface area contributed by atoms with Gasteiger partial charge < -0.3 is 24.5 Å². The quantitative estimate of drug-likeness (QED) is 0.0751. The number of carboxylic acid groups (broad SMARTS) is 1. The van der Waals surface area contributed by atoms with E-state index in [0.717, 1.165) is 33.4 Å². The highest BCUT2D eigenvalue weighted by molar-refractivity contribution is 7.90. The van der Waals surface area contributed by atoms with E-state index in [1.807, 2.05) is 68.5 Å². The van der Waals surface area contributed by atoms with E-state index in [0.29, 0.717) is 76.2 Å². The number of carboxylic acids is 1. The zero-order valence-corrected chi connectivity index (χ0v) is 33.8. The first-order valence-corrected chi connectivity index (χ1v) is 22.3. The highest BCUT2D eigenvalue weighted by atomic mass is 32.2. The van der Waals surface area contributed by atoms with Gasteiger partial charge in [-0.15, -0.1) is 0 Å². The van der Waals surface area contributed by atoms with Gasteiger partial charge in [0.15, 0.2) is 0 Å². The zero-order chi connectivity index (χ0) is 40.2. The van der Waals surface area contributed by atoms with Crippen LogP contribution in [0.1, 0.15) is 80.3 Å². The van der Waals surface area contributed by atoms with Crippen molar-refractivity contribution in [1.82, 2.24) is 9.89 Å². The maximum atomic E-state index is 13.1. The molecule has 1 aromatic rings. The standard InChI is InChI=1S/C40H53N3O10S2/c1-5-42(22-11-26-54(4,47)48)32-16-17-33-30(19-24-53-36(33)29-32)12-9-13-37-40(2,20-10-27-55(49,50)51)34-28-31(39(46)41-21-25-52-3)15-18-35(34)43(37)23-8-6-7-14-38(44)45/h9,12-13,15-19,24,28-29H,5-8,10-11,14,20-23,25-27H2,1-4H3,(H2-,41,44,45,46,49,50,51)/p+1. The molecular weight excluding hydrogens is 747 g/mol. The number of sulfone groups is 1. The van der Waals surface area contributed by atoms with Crippen molar-refractivity contribution in [1.29, 1.82) is 0 Å². The third kappa shape index (κ3) is 12.3. The van der Waals surface area contributed by atoms with E-state index in [1.54, 1.807) is 19.4 Å². The van der Waals surface area contributed by atoms with Crippen LogP contribution in [0.3, 0.4) is 0 Å². The second-order valence-electron chi connectivity index (χ2n) is 14.1. The van der Waals surface area contributed by atoms with Gasteiger partial charge in [-0.25, -0.2) is 13.0 Å². The highest BCUT2D eigenvalue weighted by Crippen LogP contribution is 2.51. The Hall–Kier alpha value is -4.31. The molecule has 2 aliphatic heterocycles. The molecule has 300 valence electrons. The fourth-order valence-electron chi connectivity index (χ4n) is 7.09. The third-order valence-electron chi connectivity index (χ3n) is 9.88. The molecule has 1 aromatic carbocycles. The molecule has 2 heterocycles. The Kier molecular flexibility index (Phi) is 15.4. The number of carbonyl (C=O) groups is 2. The van der Waals surface area contributed by atoms with Gasteiger partial charge in [-0.2, -0.15) is 8.42 Å². The van der Waals surface area contributed by atoms with Crippen LogP contribution in [0.5, 0.6) is 0 Å². The lowest BCUT2D eigenvalue weighted by Crippen LogP contribution is -2.31. The molecule has 0 fully saturated rings. The van der Waals surface area contributed by atoms with Crippen LogP contribution in [-0.2, 0) is 34.9 Å². The Morgan fingerprint density at radius 1 is 1.02 bits per heavy atom. The number of aliphatic carboxylic acids is 1. The predicted molar refractivity (Wildman–Crippen MR) is 215 cm³/mol. The number of nitrogens with one attached hydrogen (secondary N) is 1. The number of benzene rings is 2. The number of ether oxygens (including phenoxy) is 1. The van der Waals surface area contributed by atoms with Crippen LogP contribution in [0.2, 0.25) is 0 Å². The topological polar surface area (TPSA) is 184 Å². The summed E-state index contributed by atoms with van der Waals surface area (Å²) in [4.78, 5) is 26.4. The molecule has 0 saturated heterocycles. The molecule has 13 nitrogen and oxygen atoms in total. The van der Waals surface area contributed by atoms with E-state index in [1.165, 1.54) is 6.26 Å². The van der Waals surface area contributed by atoms with Crippen LogP contribution in [-0.4, -0.2) is 96.0 Å². The average molecular weight is 801 g/mol. The van der Waals surface area contributed by atoms with Gasteiger partial charge in [0.2, 0.25) is 5.36 Å². The van der Waals surface area contributed by atoms with E-state index >= 15 is 0 Å². The van der Waals surface area contributed by atoms with Crippen molar-refractivity contribution in [3.8, 4) is 11.3 Å². The largest absolute Gasteiger partial charge is 0.481 e. The number of carbonyl (C=O) groups excluding carboxylic acids is 1. The summed E-state index contributed by atoms with van der Waals surface area (Å²) in [5, 5.41) is 12.9. The summed E-state index contributed by atoms with van der Waals surface area (Å²) < 4.78 is 69.6. The Bertz CT molecular complexity index is 2140. The number of allylic oxidation sites excluding steroid dienone is 3. The predicted octanol–water partition coefficient (Wildman–Crippen LogP) is 4.98. The van der Waals surface area contributed by atoms with Gasteiger partial charge in [0.1, 0.15) is 28.7 Å². The lowest BCUT2D eigenvalue weighted by atomic mass is 9.77. The SMILES string of the molecule is CC[N+](CCCS(C)(=O)=O)=c1ccc2c(/C=C/C=C3/N(CCCCCC(=O)O)c4ccc(C(=O)NCCOC)cc4C3(C)CCCS(=O)(=O)O)ccoc-2c1. The highest BCUT2D eigenvalue weighted by Gasteiger charge is 2.43. The molecule has 4 rings (SSSR count). The smallest absolute Gasteiger partial charge is 0.303 e. The van der Waals surface area contributed by atoms with Gasteiger partial charge >= 0.3 is 5.97 Å². The molecule has 1 atom stereocenters. The fraction of sp³-hybridized carbons (Fsp3) is 0.475. The number of unbranched alkanes of at least 4 members (excludes halogenated alkanes) is 2. The minimum absolute atomic E-state index is 0.0788.